The zero-order valence-electron chi connectivity index (χ0n) is 11.2. The van der Waals surface area contributed by atoms with E-state index in [9.17, 15) is 27.1 Å². The van der Waals surface area contributed by atoms with E-state index in [-0.39, 0.29) is 12.5 Å². The molecule has 1 aromatic carbocycles. The Balaban J connectivity index is 2.07. The first-order valence-electron chi connectivity index (χ1n) is 6.67. The summed E-state index contributed by atoms with van der Waals surface area (Å²) in [4.78, 5) is 1.01. The topological polar surface area (TPSA) is 23.5 Å². The molecule has 1 saturated carbocycles. The number of alkyl halides is 3. The molecule has 1 unspecified atom stereocenters. The zero-order chi connectivity index (χ0) is 15.6. The van der Waals surface area contributed by atoms with Crippen LogP contribution in [-0.4, -0.2) is 35.8 Å². The first-order valence-corrected chi connectivity index (χ1v) is 6.67. The lowest BCUT2D eigenvalue weighted by atomic mass is 10.1. The van der Waals surface area contributed by atoms with E-state index in [2.05, 4.69) is 0 Å². The summed E-state index contributed by atoms with van der Waals surface area (Å²) in [6, 6.07) is 3.08. The molecule has 118 valence electrons. The minimum Gasteiger partial charge on any atom is -0.387 e. The van der Waals surface area contributed by atoms with Crippen molar-refractivity contribution < 1.29 is 27.1 Å². The zero-order valence-corrected chi connectivity index (χ0v) is 11.2. The highest BCUT2D eigenvalue weighted by atomic mass is 19.4. The summed E-state index contributed by atoms with van der Waals surface area (Å²) in [6.45, 7) is -1.48. The lowest BCUT2D eigenvalue weighted by Crippen LogP contribution is -2.38. The van der Waals surface area contributed by atoms with Gasteiger partial charge < -0.3 is 5.11 Å². The Morgan fingerprint density at radius 3 is 2.24 bits per heavy atom. The van der Waals surface area contributed by atoms with Gasteiger partial charge in [-0.15, -0.1) is 0 Å². The largest absolute Gasteiger partial charge is 0.401 e. The molecule has 0 bridgehead atoms. The molecule has 0 spiro atoms. The van der Waals surface area contributed by atoms with Crippen LogP contribution in [0.2, 0.25) is 0 Å². The van der Waals surface area contributed by atoms with Gasteiger partial charge in [-0.1, -0.05) is 6.07 Å². The van der Waals surface area contributed by atoms with Gasteiger partial charge in [0.25, 0.3) is 0 Å². The molecule has 1 aliphatic carbocycles. The first-order chi connectivity index (χ1) is 9.76. The van der Waals surface area contributed by atoms with Crippen molar-refractivity contribution in [3.63, 3.8) is 0 Å². The van der Waals surface area contributed by atoms with Crippen molar-refractivity contribution in [1.82, 2.24) is 4.90 Å². The quantitative estimate of drug-likeness (QED) is 0.815. The Morgan fingerprint density at radius 1 is 1.19 bits per heavy atom. The first kappa shape index (κ1) is 16.2. The van der Waals surface area contributed by atoms with Crippen molar-refractivity contribution in [3.05, 3.63) is 35.4 Å². The summed E-state index contributed by atoms with van der Waals surface area (Å²) >= 11 is 0. The maximum Gasteiger partial charge on any atom is 0.401 e. The average Bonchev–Trinajstić information content (AvgIpc) is 3.10. The molecule has 2 nitrogen and oxygen atoms in total. The van der Waals surface area contributed by atoms with Crippen molar-refractivity contribution in [1.29, 1.82) is 0 Å². The highest BCUT2D eigenvalue weighted by molar-refractivity contribution is 5.22. The average molecular weight is 309 g/mol. The molecule has 0 aromatic heterocycles. The number of benzene rings is 1. The van der Waals surface area contributed by atoms with E-state index < -0.39 is 42.6 Å². The molecule has 0 heterocycles. The molecule has 0 radical (unpaired) electrons. The van der Waals surface area contributed by atoms with Gasteiger partial charge >= 0.3 is 6.18 Å². The second-order valence-electron chi connectivity index (χ2n) is 5.40. The van der Waals surface area contributed by atoms with Gasteiger partial charge in [-0.05, 0) is 30.9 Å². The number of hydrogen-bond donors (Lipinski definition) is 1. The highest BCUT2D eigenvalue weighted by Crippen LogP contribution is 2.32. The summed E-state index contributed by atoms with van der Waals surface area (Å²) in [6.07, 6.45) is -4.35. The maximum absolute atomic E-state index is 13.5. The summed E-state index contributed by atoms with van der Waals surface area (Å²) < 4.78 is 64.6. The van der Waals surface area contributed by atoms with E-state index >= 15 is 0 Å². The molecule has 1 fully saturated rings. The second-order valence-corrected chi connectivity index (χ2v) is 5.40. The molecular weight excluding hydrogens is 293 g/mol. The van der Waals surface area contributed by atoms with E-state index in [0.717, 1.165) is 35.9 Å². The minimum absolute atomic E-state index is 0.171. The standard InChI is InChI=1S/C14H16F5NO/c15-10-2-1-3-11(16)13(10)12(21)7-20(6-9-4-5-9)8-14(17,18)19/h1-3,9,12,21H,4-8H2. The molecule has 1 aliphatic rings. The van der Waals surface area contributed by atoms with Crippen molar-refractivity contribution in [2.45, 2.75) is 25.1 Å². The fourth-order valence-electron chi connectivity index (χ4n) is 2.29. The van der Waals surface area contributed by atoms with E-state index in [1.54, 1.807) is 0 Å². The van der Waals surface area contributed by atoms with Crippen LogP contribution in [0, 0.1) is 17.6 Å². The van der Waals surface area contributed by atoms with E-state index in [1.807, 2.05) is 0 Å². The normalized spacial score (nSPS) is 17.3. The molecular formula is C14H16F5NO. The van der Waals surface area contributed by atoms with E-state index in [1.165, 1.54) is 0 Å². The number of hydrogen-bond acceptors (Lipinski definition) is 2. The monoisotopic (exact) mass is 309 g/mol. The summed E-state index contributed by atoms with van der Waals surface area (Å²) in [5.74, 6) is -1.74. The maximum atomic E-state index is 13.5. The number of halogens is 5. The van der Waals surface area contributed by atoms with Gasteiger partial charge in [0.1, 0.15) is 11.6 Å². The molecule has 0 saturated heterocycles. The number of rotatable bonds is 6. The van der Waals surface area contributed by atoms with Crippen LogP contribution in [0.1, 0.15) is 24.5 Å². The Labute approximate surface area is 119 Å². The third-order valence-corrected chi connectivity index (χ3v) is 3.38. The molecule has 1 atom stereocenters. The SMILES string of the molecule is OC(CN(CC1CC1)CC(F)(F)F)c1c(F)cccc1F. The van der Waals surface area contributed by atoms with Crippen LogP contribution in [0.3, 0.4) is 0 Å². The fourth-order valence-corrected chi connectivity index (χ4v) is 2.29. The Morgan fingerprint density at radius 2 is 1.76 bits per heavy atom. The lowest BCUT2D eigenvalue weighted by molar-refractivity contribution is -0.149. The van der Waals surface area contributed by atoms with Gasteiger partial charge in [-0.2, -0.15) is 13.2 Å². The van der Waals surface area contributed by atoms with Gasteiger partial charge in [0.15, 0.2) is 0 Å². The molecule has 2 rings (SSSR count). The highest BCUT2D eigenvalue weighted by Gasteiger charge is 2.35. The molecule has 21 heavy (non-hydrogen) atoms. The van der Waals surface area contributed by atoms with E-state index in [4.69, 9.17) is 0 Å². The van der Waals surface area contributed by atoms with Crippen LogP contribution < -0.4 is 0 Å². The summed E-state index contributed by atoms with van der Waals surface area (Å²) in [7, 11) is 0. The van der Waals surface area contributed by atoms with Crippen LogP contribution in [0.15, 0.2) is 18.2 Å². The molecule has 1 N–H and O–H groups in total. The van der Waals surface area contributed by atoms with Gasteiger partial charge in [0.05, 0.1) is 18.2 Å². The fraction of sp³-hybridized carbons (Fsp3) is 0.571. The third-order valence-electron chi connectivity index (χ3n) is 3.38. The van der Waals surface area contributed by atoms with Gasteiger partial charge in [0.2, 0.25) is 0 Å². The number of aliphatic hydroxyl groups excluding tert-OH is 1. The van der Waals surface area contributed by atoms with Crippen LogP contribution in [0.5, 0.6) is 0 Å². The van der Waals surface area contributed by atoms with Crippen LogP contribution in [0.4, 0.5) is 22.0 Å². The number of aliphatic hydroxyl groups is 1. The lowest BCUT2D eigenvalue weighted by Gasteiger charge is -2.26. The number of nitrogens with zero attached hydrogens (tertiary/aromatic N) is 1. The predicted octanol–water partition coefficient (Wildman–Crippen LogP) is 3.27. The summed E-state index contributed by atoms with van der Waals surface area (Å²) in [5.41, 5.74) is -0.583. The molecule has 0 aliphatic heterocycles. The molecule has 1 aromatic rings. The van der Waals surface area contributed by atoms with Crippen molar-refractivity contribution in [3.8, 4) is 0 Å². The van der Waals surface area contributed by atoms with Crippen molar-refractivity contribution in [2.75, 3.05) is 19.6 Å². The van der Waals surface area contributed by atoms with Crippen molar-refractivity contribution >= 4 is 0 Å². The summed E-state index contributed by atoms with van der Waals surface area (Å²) in [5, 5.41) is 9.89. The van der Waals surface area contributed by atoms with Gasteiger partial charge in [0, 0.05) is 13.1 Å². The van der Waals surface area contributed by atoms with E-state index in [0.29, 0.717) is 0 Å². The van der Waals surface area contributed by atoms with Gasteiger partial charge in [-0.25, -0.2) is 8.78 Å². The third kappa shape index (κ3) is 4.93. The molecule has 7 heteroatoms. The van der Waals surface area contributed by atoms with Crippen LogP contribution in [0.25, 0.3) is 0 Å². The Hall–Kier alpha value is -1.21. The second kappa shape index (κ2) is 6.27. The van der Waals surface area contributed by atoms with Crippen LogP contribution in [-0.2, 0) is 0 Å². The molecule has 0 amide bonds. The van der Waals surface area contributed by atoms with Crippen molar-refractivity contribution in [2.24, 2.45) is 5.92 Å². The van der Waals surface area contributed by atoms with Crippen LogP contribution >= 0.6 is 0 Å². The Kier molecular flexibility index (Phi) is 4.83. The Bertz CT molecular complexity index is 466. The smallest absolute Gasteiger partial charge is 0.387 e. The minimum atomic E-state index is -4.41. The predicted molar refractivity (Wildman–Crippen MR) is 66.5 cm³/mol. The van der Waals surface area contributed by atoms with Gasteiger partial charge in [-0.3, -0.25) is 4.90 Å².